The molecular formula is C47H80N8O30. The first-order valence-electron chi connectivity index (χ1n) is 26.3. The van der Waals surface area contributed by atoms with Crippen LogP contribution in [0.4, 0.5) is 0 Å². The van der Waals surface area contributed by atoms with E-state index < -0.39 is 244 Å². The normalized spacial score (nSPS) is 32.1. The molecule has 0 aromatic rings. The molecule has 38 nitrogen and oxygen atoms in total. The number of hydrogen-bond donors (Lipinski definition) is 23. The monoisotopic (exact) mass is 1240 g/mol. The number of carbonyl (C=O) groups is 9. The molecule has 24 N–H and O–H groups in total. The Balaban J connectivity index is 2.08. The van der Waals surface area contributed by atoms with Gasteiger partial charge in [-0.05, 0) is 34.6 Å². The quantitative estimate of drug-likeness (QED) is 0.0318. The molecule has 7 amide bonds. The van der Waals surface area contributed by atoms with Crippen LogP contribution >= 0.6 is 0 Å². The summed E-state index contributed by atoms with van der Waals surface area (Å²) in [5.41, 5.74) is 5.71. The Morgan fingerprint density at radius 3 is 1.53 bits per heavy atom. The summed E-state index contributed by atoms with van der Waals surface area (Å²) >= 11 is 0. The summed E-state index contributed by atoms with van der Waals surface area (Å²) in [6, 6.07) is -13.6. The van der Waals surface area contributed by atoms with Gasteiger partial charge < -0.3 is 148 Å². The van der Waals surface area contributed by atoms with Crippen LogP contribution in [0.25, 0.3) is 0 Å². The molecule has 38 heteroatoms. The fraction of sp³-hybridized carbons (Fsp3) is 0.809. The van der Waals surface area contributed by atoms with Gasteiger partial charge in [0, 0.05) is 20.3 Å². The standard InChI is InChI=1S/C47H80N8O30/c1-13(59)25(48)39(73)52-27(15(3)61)42(76)55-29(43(77)54-28(16(4)62)41(75)53-26(14(2)60)40(74)49-9-24(67)68)17(5)80-44-31(51-19(7)64)34(71)36(23(12-58)82-44)83-45-35(72)38(33(70)22(11-57)81-45)85-47(46(78)79)8-20(65)30(50-18(6)63)37(84-47)32(69)21(66)10-56/h13-17,20-23,25-38,44-45,56-62,65-66,69-72H,8-12,48H2,1-7H3,(H,49,74)(H,50,63)(H,51,64)(H,52,73)(H,53,75)(H,54,77)(H,55,76)(H,67,68)(H,78,79)/t13-,14-,15-,16-,17-,20+,21-,22-,23-,25+,26+,27+,28+,29+,30-,31-,32-,33+,34-,35-,36-,37-,38+,44-,45+,47+/m1/s1. The molecule has 0 saturated carbocycles. The molecule has 488 valence electrons. The van der Waals surface area contributed by atoms with Gasteiger partial charge in [0.2, 0.25) is 41.4 Å². The van der Waals surface area contributed by atoms with Crippen LogP contribution in [-0.4, -0.2) is 315 Å². The van der Waals surface area contributed by atoms with Crippen molar-refractivity contribution in [2.75, 3.05) is 26.4 Å². The van der Waals surface area contributed by atoms with Crippen LogP contribution in [0.15, 0.2) is 0 Å². The molecule has 3 aliphatic heterocycles. The number of ether oxygens (including phenoxy) is 6. The molecule has 0 radical (unpaired) electrons. The lowest BCUT2D eigenvalue weighted by Gasteiger charge is -2.51. The highest BCUT2D eigenvalue weighted by molar-refractivity contribution is 5.97. The van der Waals surface area contributed by atoms with E-state index in [-0.39, 0.29) is 0 Å². The van der Waals surface area contributed by atoms with Crippen molar-refractivity contribution < 1.29 is 148 Å². The molecule has 3 heterocycles. The number of aliphatic hydroxyl groups excluding tert-OH is 13. The van der Waals surface area contributed by atoms with Gasteiger partial charge in [-0.3, -0.25) is 38.4 Å². The number of carboxylic acid groups (broad SMARTS) is 2. The Morgan fingerprint density at radius 1 is 0.600 bits per heavy atom. The molecule has 3 rings (SSSR count). The number of nitrogens with two attached hydrogens (primary N) is 1. The van der Waals surface area contributed by atoms with Crippen LogP contribution in [0.5, 0.6) is 0 Å². The van der Waals surface area contributed by atoms with E-state index >= 15 is 0 Å². The van der Waals surface area contributed by atoms with Gasteiger partial charge in [0.25, 0.3) is 5.79 Å². The van der Waals surface area contributed by atoms with Crippen LogP contribution in [-0.2, 0) is 71.6 Å². The third-order valence-electron chi connectivity index (χ3n) is 13.7. The van der Waals surface area contributed by atoms with Crippen molar-refractivity contribution in [1.82, 2.24) is 37.2 Å². The van der Waals surface area contributed by atoms with Gasteiger partial charge in [-0.2, -0.15) is 0 Å². The number of nitrogens with one attached hydrogen (secondary N) is 7. The van der Waals surface area contributed by atoms with Crippen molar-refractivity contribution in [1.29, 1.82) is 0 Å². The van der Waals surface area contributed by atoms with Gasteiger partial charge >= 0.3 is 11.9 Å². The molecule has 3 saturated heterocycles. The van der Waals surface area contributed by atoms with Crippen molar-refractivity contribution in [2.24, 2.45) is 5.73 Å². The SMILES string of the molecule is CC(=O)N[C@H]1[C@H](O[C@H](C)[C@H](NC(=O)[C@@H](NC(=O)[C@@H](N)[C@@H](C)O)[C@@H](C)O)C(=O)N[C@H](C(=O)N[C@H](C(=O)NCC(=O)O)[C@@H](C)O)[C@@H](C)O)O[C@H](CO)[C@@H](O[C@@H]2O[C@H](CO)[C@H](O)[C@H](O[C@]3(C(=O)O)C[C@H](O)[C@@H](NC(C)=O)[C@H]([C@H](O)[C@H](O)CO)O3)[C@H]2O)[C@@H]1O. The van der Waals surface area contributed by atoms with Crippen LogP contribution in [0.3, 0.4) is 0 Å². The Kier molecular flexibility index (Phi) is 28.1. The summed E-state index contributed by atoms with van der Waals surface area (Å²) in [4.78, 5) is 117. The maximum absolute atomic E-state index is 14.4. The number of aliphatic hydroxyl groups is 13. The van der Waals surface area contributed by atoms with Crippen LogP contribution in [0.1, 0.15) is 54.9 Å². The zero-order valence-corrected chi connectivity index (χ0v) is 46.9. The second-order valence-electron chi connectivity index (χ2n) is 20.6. The van der Waals surface area contributed by atoms with Crippen LogP contribution < -0.4 is 43.0 Å². The molecule has 26 atom stereocenters. The van der Waals surface area contributed by atoms with E-state index in [1.165, 1.54) is 0 Å². The van der Waals surface area contributed by atoms with Gasteiger partial charge in [-0.25, -0.2) is 4.79 Å². The lowest BCUT2D eigenvalue weighted by molar-refractivity contribution is -0.383. The summed E-state index contributed by atoms with van der Waals surface area (Å²) in [6.45, 7) is 2.56. The molecule has 0 bridgehead atoms. The second-order valence-corrected chi connectivity index (χ2v) is 20.6. The van der Waals surface area contributed by atoms with E-state index in [1.807, 2.05) is 5.32 Å². The molecule has 0 unspecified atom stereocenters. The fourth-order valence-electron chi connectivity index (χ4n) is 9.04. The highest BCUT2D eigenvalue weighted by atomic mass is 16.8. The van der Waals surface area contributed by atoms with Crippen LogP contribution in [0, 0.1) is 0 Å². The van der Waals surface area contributed by atoms with Gasteiger partial charge in [0.15, 0.2) is 12.6 Å². The summed E-state index contributed by atoms with van der Waals surface area (Å²) in [7, 11) is 0. The number of amides is 7. The summed E-state index contributed by atoms with van der Waals surface area (Å²) in [5, 5.41) is 174. The van der Waals surface area contributed by atoms with E-state index in [2.05, 4.69) is 31.9 Å². The number of carboxylic acids is 2. The van der Waals surface area contributed by atoms with Crippen molar-refractivity contribution in [3.05, 3.63) is 0 Å². The minimum Gasteiger partial charge on any atom is -0.480 e. The van der Waals surface area contributed by atoms with Gasteiger partial charge in [0.1, 0.15) is 104 Å². The number of carbonyl (C=O) groups excluding carboxylic acids is 7. The average molecular weight is 1240 g/mol. The van der Waals surface area contributed by atoms with Crippen LogP contribution in [0.2, 0.25) is 0 Å². The van der Waals surface area contributed by atoms with Gasteiger partial charge in [-0.15, -0.1) is 0 Å². The van der Waals surface area contributed by atoms with E-state index in [9.17, 15) is 115 Å². The molecule has 0 spiro atoms. The zero-order valence-electron chi connectivity index (χ0n) is 46.9. The highest BCUT2D eigenvalue weighted by Gasteiger charge is 2.60. The molecule has 3 aliphatic rings. The molecule has 0 aromatic carbocycles. The molecule has 3 fully saturated rings. The first kappa shape index (κ1) is 73.7. The zero-order chi connectivity index (χ0) is 64.9. The number of rotatable bonds is 30. The second kappa shape index (κ2) is 32.4. The summed E-state index contributed by atoms with van der Waals surface area (Å²) in [5.74, 6) is -15.4. The predicted molar refractivity (Wildman–Crippen MR) is 273 cm³/mol. The summed E-state index contributed by atoms with van der Waals surface area (Å²) in [6.07, 6.45) is -38.0. The molecule has 0 aliphatic carbocycles. The van der Waals surface area contributed by atoms with E-state index in [0.717, 1.165) is 48.5 Å². The first-order valence-corrected chi connectivity index (χ1v) is 26.3. The molecular weight excluding hydrogens is 1160 g/mol. The maximum atomic E-state index is 14.4. The number of aliphatic carboxylic acids is 2. The van der Waals surface area contributed by atoms with Crippen molar-refractivity contribution >= 4 is 53.3 Å². The lowest BCUT2D eigenvalue weighted by Crippen LogP contribution is -2.71. The third-order valence-corrected chi connectivity index (χ3v) is 13.7. The Bertz CT molecular complexity index is 2290. The maximum Gasteiger partial charge on any atom is 0.364 e. The lowest BCUT2D eigenvalue weighted by atomic mass is 9.88. The Hall–Kier alpha value is -5.57. The van der Waals surface area contributed by atoms with Gasteiger partial charge in [0.05, 0.1) is 62.5 Å². The molecule has 85 heavy (non-hydrogen) atoms. The van der Waals surface area contributed by atoms with E-state index in [1.54, 1.807) is 0 Å². The van der Waals surface area contributed by atoms with Crippen molar-refractivity contribution in [3.63, 3.8) is 0 Å². The average Bonchev–Trinajstić information content (AvgIpc) is 2.80. The highest BCUT2D eigenvalue weighted by Crippen LogP contribution is 2.38. The smallest absolute Gasteiger partial charge is 0.364 e. The largest absolute Gasteiger partial charge is 0.480 e. The first-order chi connectivity index (χ1) is 39.5. The van der Waals surface area contributed by atoms with E-state index in [4.69, 9.17) is 39.3 Å². The van der Waals surface area contributed by atoms with E-state index in [0.29, 0.717) is 0 Å². The topological polar surface area (TPSA) is 623 Å². The third kappa shape index (κ3) is 19.2. The minimum atomic E-state index is -3.23. The van der Waals surface area contributed by atoms with Gasteiger partial charge in [-0.1, -0.05) is 0 Å². The van der Waals surface area contributed by atoms with Crippen molar-refractivity contribution in [2.45, 2.75) is 213 Å². The molecule has 0 aromatic heterocycles. The predicted octanol–water partition coefficient (Wildman–Crippen LogP) is -13.7. The number of hydrogen-bond acceptors (Lipinski definition) is 29. The summed E-state index contributed by atoms with van der Waals surface area (Å²) < 4.78 is 34.7. The Morgan fingerprint density at radius 2 is 1.07 bits per heavy atom. The fourth-order valence-corrected chi connectivity index (χ4v) is 9.04. The Labute approximate surface area is 483 Å². The van der Waals surface area contributed by atoms with Crippen molar-refractivity contribution in [3.8, 4) is 0 Å². The minimum absolute atomic E-state index is 0.845.